The molecule has 10 heteroatoms. The molecule has 3 N–H and O–H groups in total. The normalized spacial score (nSPS) is 12.1. The molecule has 0 saturated carbocycles. The highest BCUT2D eigenvalue weighted by atomic mass is 32.1. The molecule has 5 aromatic rings. The SMILES string of the molecule is COc1ccc(-c2ccc(-c3cc4c(cc3C(=O)Nc3ccc(CNC(=O)OC(C)(C)C)cc3)-c3sccc3CCO4)c(C(=O)O)c2)cc1. The first-order valence-corrected chi connectivity index (χ1v) is 16.6. The quantitative estimate of drug-likeness (QED) is 0.150. The largest absolute Gasteiger partial charge is 0.497 e. The Kier molecular flexibility index (Phi) is 9.42. The predicted octanol–water partition coefficient (Wildman–Crippen LogP) is 8.67. The van der Waals surface area contributed by atoms with Crippen molar-refractivity contribution in [2.45, 2.75) is 39.3 Å². The molecule has 4 aromatic carbocycles. The van der Waals surface area contributed by atoms with Gasteiger partial charge in [0.25, 0.3) is 5.91 Å². The number of benzene rings is 4. The standard InChI is InChI=1S/C39H36N2O7S/c1-39(2,3)48-38(45)40-22-23-5-10-27(11-6-23)41-36(42)31-20-33-34(47-17-15-25-16-18-49-35(25)33)21-30(31)29-14-9-26(19-32(29)37(43)44)24-7-12-28(46-4)13-8-24/h5-14,16,18-21H,15,17,22H2,1-4H3,(H,40,45)(H,41,42)(H,43,44). The third-order valence-corrected chi connectivity index (χ3v) is 8.99. The van der Waals surface area contributed by atoms with E-state index < -0.39 is 23.6 Å². The lowest BCUT2D eigenvalue weighted by Gasteiger charge is -2.19. The molecule has 0 aliphatic carbocycles. The second-order valence-electron chi connectivity index (χ2n) is 12.6. The maximum atomic E-state index is 14.1. The van der Waals surface area contributed by atoms with Crippen LogP contribution in [-0.2, 0) is 17.7 Å². The summed E-state index contributed by atoms with van der Waals surface area (Å²) in [4.78, 5) is 39.9. The molecule has 6 rings (SSSR count). The summed E-state index contributed by atoms with van der Waals surface area (Å²) >= 11 is 1.58. The number of aromatic carboxylic acids is 1. The number of amides is 2. The van der Waals surface area contributed by atoms with Gasteiger partial charge < -0.3 is 30.0 Å². The maximum absolute atomic E-state index is 14.1. The number of ether oxygens (including phenoxy) is 3. The fourth-order valence-corrected chi connectivity index (χ4v) is 6.62. The Bertz CT molecular complexity index is 2030. The lowest BCUT2D eigenvalue weighted by atomic mass is 9.90. The van der Waals surface area contributed by atoms with Gasteiger partial charge in [0.05, 0.1) is 19.3 Å². The van der Waals surface area contributed by atoms with E-state index in [1.54, 1.807) is 87.7 Å². The third kappa shape index (κ3) is 7.60. The molecular weight excluding hydrogens is 641 g/mol. The Hall–Kier alpha value is -5.61. The first-order chi connectivity index (χ1) is 23.5. The number of carboxylic acids is 1. The number of carbonyl (C=O) groups is 3. The van der Waals surface area contributed by atoms with Crippen LogP contribution < -0.4 is 20.1 Å². The number of carbonyl (C=O) groups excluding carboxylic acids is 2. The maximum Gasteiger partial charge on any atom is 0.407 e. The molecule has 0 spiro atoms. The van der Waals surface area contributed by atoms with Crippen molar-refractivity contribution in [2.75, 3.05) is 19.0 Å². The van der Waals surface area contributed by atoms with Crippen LogP contribution in [0.1, 0.15) is 52.6 Å². The van der Waals surface area contributed by atoms with Gasteiger partial charge in [-0.25, -0.2) is 9.59 Å². The Morgan fingerprint density at radius 2 is 1.59 bits per heavy atom. The van der Waals surface area contributed by atoms with Gasteiger partial charge in [0.2, 0.25) is 0 Å². The van der Waals surface area contributed by atoms with Gasteiger partial charge in [-0.2, -0.15) is 0 Å². The van der Waals surface area contributed by atoms with Crippen LogP contribution in [0.4, 0.5) is 10.5 Å². The molecule has 0 atom stereocenters. The van der Waals surface area contributed by atoms with Gasteiger partial charge in [-0.05, 0) is 108 Å². The molecule has 1 aromatic heterocycles. The molecule has 1 aliphatic rings. The number of anilines is 1. The number of nitrogens with one attached hydrogen (secondary N) is 2. The van der Waals surface area contributed by atoms with Crippen LogP contribution in [0.2, 0.25) is 0 Å². The van der Waals surface area contributed by atoms with Gasteiger partial charge in [0.15, 0.2) is 0 Å². The van der Waals surface area contributed by atoms with E-state index in [1.807, 2.05) is 35.7 Å². The van der Waals surface area contributed by atoms with Crippen molar-refractivity contribution in [3.05, 3.63) is 113 Å². The van der Waals surface area contributed by atoms with Crippen molar-refractivity contribution in [2.24, 2.45) is 0 Å². The van der Waals surface area contributed by atoms with Crippen LogP contribution in [0.15, 0.2) is 90.3 Å². The van der Waals surface area contributed by atoms with E-state index in [0.29, 0.717) is 46.0 Å². The molecule has 2 heterocycles. The molecule has 0 saturated heterocycles. The fraction of sp³-hybridized carbons (Fsp3) is 0.205. The number of hydrogen-bond acceptors (Lipinski definition) is 7. The average molecular weight is 677 g/mol. The van der Waals surface area contributed by atoms with Crippen LogP contribution in [-0.4, -0.2) is 42.4 Å². The van der Waals surface area contributed by atoms with Crippen molar-refractivity contribution in [1.29, 1.82) is 0 Å². The van der Waals surface area contributed by atoms with Crippen LogP contribution in [0.5, 0.6) is 11.5 Å². The third-order valence-electron chi connectivity index (χ3n) is 8.00. The minimum atomic E-state index is -1.12. The number of rotatable bonds is 8. The van der Waals surface area contributed by atoms with Crippen LogP contribution in [0, 0.1) is 0 Å². The first-order valence-electron chi connectivity index (χ1n) is 15.8. The van der Waals surface area contributed by atoms with Crippen molar-refractivity contribution in [3.8, 4) is 44.2 Å². The highest BCUT2D eigenvalue weighted by Crippen LogP contribution is 2.44. The zero-order chi connectivity index (χ0) is 34.7. The van der Waals surface area contributed by atoms with Gasteiger partial charge in [-0.15, -0.1) is 11.3 Å². The summed E-state index contributed by atoms with van der Waals surface area (Å²) < 4.78 is 16.7. The van der Waals surface area contributed by atoms with Crippen LogP contribution in [0.25, 0.3) is 32.7 Å². The summed E-state index contributed by atoms with van der Waals surface area (Å²) in [6, 6.07) is 25.3. The van der Waals surface area contributed by atoms with Crippen molar-refractivity contribution >= 4 is 35.0 Å². The summed E-state index contributed by atoms with van der Waals surface area (Å²) in [6.45, 7) is 6.11. The summed E-state index contributed by atoms with van der Waals surface area (Å²) in [5.74, 6) is -0.246. The van der Waals surface area contributed by atoms with Crippen molar-refractivity contribution in [1.82, 2.24) is 5.32 Å². The topological polar surface area (TPSA) is 123 Å². The first kappa shape index (κ1) is 33.3. The lowest BCUT2D eigenvalue weighted by molar-refractivity contribution is 0.0522. The number of hydrogen-bond donors (Lipinski definition) is 3. The molecule has 0 fully saturated rings. The zero-order valence-electron chi connectivity index (χ0n) is 27.6. The van der Waals surface area contributed by atoms with E-state index in [1.165, 1.54) is 0 Å². The second kappa shape index (κ2) is 13.9. The monoisotopic (exact) mass is 676 g/mol. The predicted molar refractivity (Wildman–Crippen MR) is 191 cm³/mol. The fourth-order valence-electron chi connectivity index (χ4n) is 5.64. The number of carboxylic acid groups (broad SMARTS) is 1. The van der Waals surface area contributed by atoms with Crippen molar-refractivity contribution in [3.63, 3.8) is 0 Å². The van der Waals surface area contributed by atoms with Crippen LogP contribution >= 0.6 is 11.3 Å². The van der Waals surface area contributed by atoms with Gasteiger partial charge in [0.1, 0.15) is 17.1 Å². The summed E-state index contributed by atoms with van der Waals surface area (Å²) in [6.07, 6.45) is 0.201. The molecule has 1 aliphatic heterocycles. The number of fused-ring (bicyclic) bond motifs is 3. The minimum Gasteiger partial charge on any atom is -0.497 e. The molecular formula is C39H36N2O7S. The number of methoxy groups -OCH3 is 1. The van der Waals surface area contributed by atoms with Crippen molar-refractivity contribution < 1.29 is 33.7 Å². The van der Waals surface area contributed by atoms with Gasteiger partial charge in [0, 0.05) is 34.7 Å². The Morgan fingerprint density at radius 1 is 0.857 bits per heavy atom. The summed E-state index contributed by atoms with van der Waals surface area (Å²) in [5.41, 5.74) is 5.39. The van der Waals surface area contributed by atoms with E-state index in [9.17, 15) is 19.5 Å². The van der Waals surface area contributed by atoms with E-state index in [4.69, 9.17) is 14.2 Å². The molecule has 0 radical (unpaired) electrons. The van der Waals surface area contributed by atoms with E-state index >= 15 is 0 Å². The Labute approximate surface area is 288 Å². The van der Waals surface area contributed by atoms with E-state index in [0.717, 1.165) is 33.6 Å². The van der Waals surface area contributed by atoms with E-state index in [-0.39, 0.29) is 12.1 Å². The van der Waals surface area contributed by atoms with Gasteiger partial charge >= 0.3 is 12.1 Å². The van der Waals surface area contributed by atoms with Crippen LogP contribution in [0.3, 0.4) is 0 Å². The van der Waals surface area contributed by atoms with E-state index in [2.05, 4.69) is 16.7 Å². The number of alkyl carbamates (subject to hydrolysis) is 1. The Morgan fingerprint density at radius 3 is 2.29 bits per heavy atom. The highest BCUT2D eigenvalue weighted by Gasteiger charge is 2.25. The second-order valence-corrected chi connectivity index (χ2v) is 13.5. The molecule has 0 bridgehead atoms. The molecule has 0 unspecified atom stereocenters. The summed E-state index contributed by atoms with van der Waals surface area (Å²) in [7, 11) is 1.59. The minimum absolute atomic E-state index is 0.0505. The average Bonchev–Trinajstić information content (AvgIpc) is 3.48. The molecule has 9 nitrogen and oxygen atoms in total. The molecule has 250 valence electrons. The Balaban J connectivity index is 1.36. The smallest absolute Gasteiger partial charge is 0.407 e. The van der Waals surface area contributed by atoms with Gasteiger partial charge in [-0.1, -0.05) is 36.4 Å². The zero-order valence-corrected chi connectivity index (χ0v) is 28.4. The lowest BCUT2D eigenvalue weighted by Crippen LogP contribution is -2.32. The highest BCUT2D eigenvalue weighted by molar-refractivity contribution is 7.13. The molecule has 49 heavy (non-hydrogen) atoms. The molecule has 2 amide bonds. The number of thiophene rings is 1. The summed E-state index contributed by atoms with van der Waals surface area (Å²) in [5, 5.41) is 18.1. The van der Waals surface area contributed by atoms with Gasteiger partial charge in [-0.3, -0.25) is 4.79 Å².